The summed E-state index contributed by atoms with van der Waals surface area (Å²) in [5, 5.41) is 11.3. The molecule has 5 nitrogen and oxygen atoms in total. The molecule has 0 aliphatic rings. The van der Waals surface area contributed by atoms with Crippen LogP contribution in [-0.2, 0) is 9.59 Å². The molecule has 1 amide bonds. The fraction of sp³-hybridized carbons (Fsp3) is 0.500. The van der Waals surface area contributed by atoms with Crippen LogP contribution in [0.2, 0.25) is 0 Å². The van der Waals surface area contributed by atoms with Gasteiger partial charge in [0, 0.05) is 0 Å². The number of rotatable bonds is 6. The zero-order chi connectivity index (χ0) is 16.2. The van der Waals surface area contributed by atoms with Gasteiger partial charge in [0.05, 0.1) is 5.41 Å². The lowest BCUT2D eigenvalue weighted by atomic mass is 9.93. The minimum absolute atomic E-state index is 0.174. The number of aryl methyl sites for hydroxylation is 2. The van der Waals surface area contributed by atoms with Gasteiger partial charge >= 0.3 is 5.97 Å². The van der Waals surface area contributed by atoms with Crippen molar-refractivity contribution in [1.29, 1.82) is 0 Å². The molecule has 0 saturated heterocycles. The normalized spacial score (nSPS) is 12.6. The number of nitrogens with one attached hydrogen (secondary N) is 1. The summed E-state index contributed by atoms with van der Waals surface area (Å²) in [4.78, 5) is 22.8. The molecular formula is C16H23NO4. The Kier molecular flexibility index (Phi) is 5.35. The van der Waals surface area contributed by atoms with Crippen LogP contribution >= 0.6 is 0 Å². The van der Waals surface area contributed by atoms with E-state index < -0.39 is 17.4 Å². The molecule has 1 unspecified atom stereocenters. The van der Waals surface area contributed by atoms with Crippen molar-refractivity contribution in [1.82, 2.24) is 5.32 Å². The van der Waals surface area contributed by atoms with Crippen LogP contribution in [-0.4, -0.2) is 29.6 Å². The van der Waals surface area contributed by atoms with Crippen molar-refractivity contribution in [3.63, 3.8) is 0 Å². The predicted molar refractivity (Wildman–Crippen MR) is 80.4 cm³/mol. The Labute approximate surface area is 125 Å². The van der Waals surface area contributed by atoms with E-state index in [1.54, 1.807) is 13.8 Å². The van der Waals surface area contributed by atoms with Gasteiger partial charge in [-0.25, -0.2) is 0 Å². The lowest BCUT2D eigenvalue weighted by molar-refractivity contribution is -0.143. The first kappa shape index (κ1) is 17.0. The van der Waals surface area contributed by atoms with E-state index in [2.05, 4.69) is 5.32 Å². The number of carbonyl (C=O) groups is 2. The van der Waals surface area contributed by atoms with Crippen LogP contribution in [0.5, 0.6) is 5.75 Å². The molecule has 0 aliphatic carbocycles. The molecule has 0 aliphatic heterocycles. The Morgan fingerprint density at radius 1 is 1.29 bits per heavy atom. The molecule has 1 rings (SSSR count). The molecule has 1 atom stereocenters. The van der Waals surface area contributed by atoms with Crippen molar-refractivity contribution in [2.45, 2.75) is 40.7 Å². The summed E-state index contributed by atoms with van der Waals surface area (Å²) < 4.78 is 5.66. The number of carbonyl (C=O) groups excluding carboxylic acids is 1. The standard InChI is InChI=1S/C16H23NO4/c1-10-6-7-13(8-11(10)2)21-9-16(4,5)15(20)17-12(3)14(18)19/h6-8,12H,9H2,1-5H3,(H,17,20)(H,18,19). The van der Waals surface area contributed by atoms with Gasteiger partial charge in [-0.2, -0.15) is 0 Å². The van der Waals surface area contributed by atoms with E-state index in [0.29, 0.717) is 5.75 Å². The molecule has 2 N–H and O–H groups in total. The number of carboxylic acid groups (broad SMARTS) is 1. The molecule has 21 heavy (non-hydrogen) atoms. The van der Waals surface area contributed by atoms with Gasteiger partial charge in [0.15, 0.2) is 0 Å². The molecule has 0 saturated carbocycles. The Morgan fingerprint density at radius 3 is 2.43 bits per heavy atom. The second-order valence-electron chi connectivity index (χ2n) is 5.95. The maximum Gasteiger partial charge on any atom is 0.325 e. The van der Waals surface area contributed by atoms with E-state index in [9.17, 15) is 9.59 Å². The Morgan fingerprint density at radius 2 is 1.90 bits per heavy atom. The highest BCUT2D eigenvalue weighted by Crippen LogP contribution is 2.21. The third kappa shape index (κ3) is 4.77. The van der Waals surface area contributed by atoms with Crippen LogP contribution in [0.4, 0.5) is 0 Å². The summed E-state index contributed by atoms with van der Waals surface area (Å²) >= 11 is 0. The van der Waals surface area contributed by atoms with Crippen LogP contribution in [0, 0.1) is 19.3 Å². The van der Waals surface area contributed by atoms with Crippen LogP contribution in [0.1, 0.15) is 31.9 Å². The fourth-order valence-corrected chi connectivity index (χ4v) is 1.59. The highest BCUT2D eigenvalue weighted by Gasteiger charge is 2.30. The number of ether oxygens (including phenoxy) is 1. The van der Waals surface area contributed by atoms with Gasteiger partial charge in [0.2, 0.25) is 5.91 Å². The third-order valence-electron chi connectivity index (χ3n) is 3.41. The number of hydrogen-bond acceptors (Lipinski definition) is 3. The molecule has 0 heterocycles. The van der Waals surface area contributed by atoms with Gasteiger partial charge < -0.3 is 15.2 Å². The van der Waals surface area contributed by atoms with Crippen molar-refractivity contribution in [3.8, 4) is 5.75 Å². The maximum atomic E-state index is 12.1. The number of amides is 1. The van der Waals surface area contributed by atoms with Gasteiger partial charge in [-0.15, -0.1) is 0 Å². The number of carboxylic acids is 1. The number of benzene rings is 1. The number of aliphatic carboxylic acids is 1. The highest BCUT2D eigenvalue weighted by atomic mass is 16.5. The monoisotopic (exact) mass is 293 g/mol. The summed E-state index contributed by atoms with van der Waals surface area (Å²) in [5.74, 6) is -0.708. The van der Waals surface area contributed by atoms with Crippen LogP contribution in [0.15, 0.2) is 18.2 Å². The van der Waals surface area contributed by atoms with Crippen LogP contribution in [0.3, 0.4) is 0 Å². The summed E-state index contributed by atoms with van der Waals surface area (Å²) in [7, 11) is 0. The third-order valence-corrected chi connectivity index (χ3v) is 3.41. The smallest absolute Gasteiger partial charge is 0.325 e. The van der Waals surface area contributed by atoms with Gasteiger partial charge in [-0.05, 0) is 57.9 Å². The summed E-state index contributed by atoms with van der Waals surface area (Å²) in [6, 6.07) is 4.82. The molecule has 0 aromatic heterocycles. The summed E-state index contributed by atoms with van der Waals surface area (Å²) in [5.41, 5.74) is 1.48. The van der Waals surface area contributed by atoms with Crippen LogP contribution < -0.4 is 10.1 Å². The maximum absolute atomic E-state index is 12.1. The van der Waals surface area contributed by atoms with Crippen molar-refractivity contribution >= 4 is 11.9 Å². The quantitative estimate of drug-likeness (QED) is 0.844. The average Bonchev–Trinajstić information content (AvgIpc) is 2.40. The highest BCUT2D eigenvalue weighted by molar-refractivity contribution is 5.86. The minimum atomic E-state index is -1.06. The average molecular weight is 293 g/mol. The SMILES string of the molecule is Cc1ccc(OCC(C)(C)C(=O)NC(C)C(=O)O)cc1C. The minimum Gasteiger partial charge on any atom is -0.492 e. The van der Waals surface area contributed by atoms with Crippen molar-refractivity contribution in [3.05, 3.63) is 29.3 Å². The Hall–Kier alpha value is -2.04. The first-order chi connectivity index (χ1) is 9.63. The van der Waals surface area contributed by atoms with E-state index in [-0.39, 0.29) is 12.5 Å². The molecule has 0 radical (unpaired) electrons. The Balaban J connectivity index is 2.65. The van der Waals surface area contributed by atoms with Gasteiger partial charge in [-0.3, -0.25) is 9.59 Å². The molecule has 1 aromatic rings. The van der Waals surface area contributed by atoms with E-state index >= 15 is 0 Å². The topological polar surface area (TPSA) is 75.6 Å². The van der Waals surface area contributed by atoms with Gasteiger partial charge in [-0.1, -0.05) is 6.07 Å². The molecule has 0 bridgehead atoms. The fourth-order valence-electron chi connectivity index (χ4n) is 1.59. The molecular weight excluding hydrogens is 270 g/mol. The van der Waals surface area contributed by atoms with Crippen molar-refractivity contribution in [2.75, 3.05) is 6.61 Å². The largest absolute Gasteiger partial charge is 0.492 e. The molecule has 1 aromatic carbocycles. The van der Waals surface area contributed by atoms with E-state index in [4.69, 9.17) is 9.84 Å². The second kappa shape index (κ2) is 6.61. The molecule has 0 fully saturated rings. The molecule has 116 valence electrons. The van der Waals surface area contributed by atoms with Crippen LogP contribution in [0.25, 0.3) is 0 Å². The van der Waals surface area contributed by atoms with Gasteiger partial charge in [0.25, 0.3) is 0 Å². The zero-order valence-electron chi connectivity index (χ0n) is 13.2. The summed E-state index contributed by atoms with van der Waals surface area (Å²) in [6.45, 7) is 9.06. The van der Waals surface area contributed by atoms with Crippen molar-refractivity contribution < 1.29 is 19.4 Å². The Bertz CT molecular complexity index is 537. The zero-order valence-corrected chi connectivity index (χ0v) is 13.2. The van der Waals surface area contributed by atoms with Gasteiger partial charge in [0.1, 0.15) is 18.4 Å². The second-order valence-corrected chi connectivity index (χ2v) is 5.95. The first-order valence-corrected chi connectivity index (χ1v) is 6.87. The predicted octanol–water partition coefficient (Wildman–Crippen LogP) is 2.30. The van der Waals surface area contributed by atoms with Crippen molar-refractivity contribution in [2.24, 2.45) is 5.41 Å². The van der Waals surface area contributed by atoms with E-state index in [1.807, 2.05) is 32.0 Å². The molecule has 0 spiro atoms. The van der Waals surface area contributed by atoms with E-state index in [1.165, 1.54) is 12.5 Å². The lowest BCUT2D eigenvalue weighted by Crippen LogP contribution is -2.47. The molecule has 5 heteroatoms. The first-order valence-electron chi connectivity index (χ1n) is 6.87. The lowest BCUT2D eigenvalue weighted by Gasteiger charge is -2.25. The van der Waals surface area contributed by atoms with E-state index in [0.717, 1.165) is 5.56 Å². The summed E-state index contributed by atoms with van der Waals surface area (Å²) in [6.07, 6.45) is 0. The number of hydrogen-bond donors (Lipinski definition) is 2.